The molecular formula is C8H10Cl2N2O2. The van der Waals surface area contributed by atoms with Crippen LogP contribution in [0.3, 0.4) is 0 Å². The predicted octanol–water partition coefficient (Wildman–Crippen LogP) is 1.68. The van der Waals surface area contributed by atoms with Crippen molar-refractivity contribution in [1.29, 1.82) is 0 Å². The largest absolute Gasteiger partial charge is 0.410 e. The number of benzene rings is 1. The average Bonchev–Trinajstić information content (AvgIpc) is 2.07. The Morgan fingerprint density at radius 2 is 2.14 bits per heavy atom. The molecule has 0 aliphatic rings. The van der Waals surface area contributed by atoms with Crippen molar-refractivity contribution in [2.24, 2.45) is 11.5 Å². The molecule has 1 amide bonds. The summed E-state index contributed by atoms with van der Waals surface area (Å²) in [5.41, 5.74) is 10.9. The maximum atomic E-state index is 10.4. The Morgan fingerprint density at radius 1 is 1.50 bits per heavy atom. The lowest BCUT2D eigenvalue weighted by Gasteiger charge is -2.06. The highest BCUT2D eigenvalue weighted by atomic mass is 35.5. The first kappa shape index (κ1) is 13.0. The molecule has 0 atom stereocenters. The van der Waals surface area contributed by atoms with Crippen LogP contribution < -0.4 is 16.2 Å². The zero-order chi connectivity index (χ0) is 9.84. The molecule has 0 fully saturated rings. The second kappa shape index (κ2) is 5.70. The number of hydrogen-bond donors (Lipinski definition) is 2. The van der Waals surface area contributed by atoms with E-state index in [9.17, 15) is 4.79 Å². The molecule has 0 unspecified atom stereocenters. The van der Waals surface area contributed by atoms with E-state index in [1.54, 1.807) is 18.2 Å². The average molecular weight is 237 g/mol. The third-order valence-corrected chi connectivity index (χ3v) is 1.69. The van der Waals surface area contributed by atoms with Gasteiger partial charge in [-0.15, -0.1) is 12.4 Å². The molecule has 6 heteroatoms. The van der Waals surface area contributed by atoms with E-state index >= 15 is 0 Å². The molecule has 0 aromatic heterocycles. The van der Waals surface area contributed by atoms with E-state index in [0.29, 0.717) is 16.3 Å². The summed E-state index contributed by atoms with van der Waals surface area (Å²) in [6.45, 7) is 0.239. The maximum absolute atomic E-state index is 10.4. The number of carbonyl (C=O) groups excluding carboxylic acids is 1. The van der Waals surface area contributed by atoms with Crippen molar-refractivity contribution in [2.75, 3.05) is 0 Å². The zero-order valence-corrected chi connectivity index (χ0v) is 8.77. The molecule has 0 radical (unpaired) electrons. The van der Waals surface area contributed by atoms with E-state index in [2.05, 4.69) is 0 Å². The topological polar surface area (TPSA) is 78.3 Å². The van der Waals surface area contributed by atoms with E-state index in [1.165, 1.54) is 0 Å². The van der Waals surface area contributed by atoms with E-state index < -0.39 is 6.09 Å². The van der Waals surface area contributed by atoms with Crippen molar-refractivity contribution in [2.45, 2.75) is 6.54 Å². The van der Waals surface area contributed by atoms with Gasteiger partial charge < -0.3 is 16.2 Å². The number of rotatable bonds is 2. The van der Waals surface area contributed by atoms with Crippen LogP contribution in [0.1, 0.15) is 5.56 Å². The lowest BCUT2D eigenvalue weighted by atomic mass is 10.2. The van der Waals surface area contributed by atoms with Gasteiger partial charge >= 0.3 is 6.09 Å². The first-order valence-corrected chi connectivity index (χ1v) is 3.97. The van der Waals surface area contributed by atoms with Gasteiger partial charge in [0.2, 0.25) is 0 Å². The summed E-state index contributed by atoms with van der Waals surface area (Å²) >= 11 is 5.70. The minimum absolute atomic E-state index is 0. The van der Waals surface area contributed by atoms with Crippen molar-refractivity contribution < 1.29 is 9.53 Å². The van der Waals surface area contributed by atoms with Gasteiger partial charge in [-0.1, -0.05) is 11.6 Å². The van der Waals surface area contributed by atoms with Gasteiger partial charge in [-0.3, -0.25) is 0 Å². The summed E-state index contributed by atoms with van der Waals surface area (Å²) in [4.78, 5) is 10.4. The highest BCUT2D eigenvalue weighted by Crippen LogP contribution is 2.22. The maximum Gasteiger partial charge on any atom is 0.409 e. The van der Waals surface area contributed by atoms with Crippen molar-refractivity contribution in [3.8, 4) is 5.75 Å². The molecule has 1 aromatic carbocycles. The fourth-order valence-corrected chi connectivity index (χ4v) is 1.11. The Balaban J connectivity index is 0.00000169. The van der Waals surface area contributed by atoms with Gasteiger partial charge in [-0.2, -0.15) is 0 Å². The number of halogens is 2. The van der Waals surface area contributed by atoms with Crippen LogP contribution in [-0.2, 0) is 6.54 Å². The van der Waals surface area contributed by atoms with Crippen LogP contribution in [0.2, 0.25) is 5.02 Å². The highest BCUT2D eigenvalue weighted by molar-refractivity contribution is 6.30. The van der Waals surface area contributed by atoms with Gasteiger partial charge in [0.05, 0.1) is 0 Å². The summed E-state index contributed by atoms with van der Waals surface area (Å²) in [6.07, 6.45) is -0.864. The molecule has 0 aliphatic heterocycles. The molecule has 0 spiro atoms. The Hall–Kier alpha value is -0.970. The monoisotopic (exact) mass is 236 g/mol. The second-order valence-corrected chi connectivity index (χ2v) is 2.81. The molecule has 0 bridgehead atoms. The van der Waals surface area contributed by atoms with Gasteiger partial charge in [0, 0.05) is 17.1 Å². The van der Waals surface area contributed by atoms with Crippen LogP contribution in [0, 0.1) is 0 Å². The third kappa shape index (κ3) is 3.41. The van der Waals surface area contributed by atoms with Gasteiger partial charge in [0.25, 0.3) is 0 Å². The molecular weight excluding hydrogens is 227 g/mol. The smallest absolute Gasteiger partial charge is 0.409 e. The number of ether oxygens (including phenoxy) is 1. The molecule has 4 nitrogen and oxygen atoms in total. The Bertz CT molecular complexity index is 331. The highest BCUT2D eigenvalue weighted by Gasteiger charge is 2.05. The van der Waals surface area contributed by atoms with Crippen LogP contribution in [0.4, 0.5) is 4.79 Å². The Labute approximate surface area is 92.6 Å². The van der Waals surface area contributed by atoms with Gasteiger partial charge in [-0.05, 0) is 18.2 Å². The normalized spacial score (nSPS) is 9.00. The van der Waals surface area contributed by atoms with Gasteiger partial charge in [0.15, 0.2) is 0 Å². The number of hydrogen-bond acceptors (Lipinski definition) is 3. The quantitative estimate of drug-likeness (QED) is 0.821. The van der Waals surface area contributed by atoms with Crippen molar-refractivity contribution in [3.05, 3.63) is 28.8 Å². The SMILES string of the molecule is Cl.NCc1cc(Cl)ccc1OC(N)=O. The van der Waals surface area contributed by atoms with E-state index in [1.807, 2.05) is 0 Å². The molecule has 0 saturated heterocycles. The van der Waals surface area contributed by atoms with Crippen LogP contribution in [0.25, 0.3) is 0 Å². The second-order valence-electron chi connectivity index (χ2n) is 2.38. The molecule has 4 N–H and O–H groups in total. The zero-order valence-electron chi connectivity index (χ0n) is 7.20. The van der Waals surface area contributed by atoms with Crippen LogP contribution >= 0.6 is 24.0 Å². The molecule has 1 aromatic rings. The fourth-order valence-electron chi connectivity index (χ4n) is 0.915. The molecule has 0 aliphatic carbocycles. The number of nitrogens with two attached hydrogens (primary N) is 2. The summed E-state index contributed by atoms with van der Waals surface area (Å²) in [7, 11) is 0. The lowest BCUT2D eigenvalue weighted by molar-refractivity contribution is 0.210. The summed E-state index contributed by atoms with van der Waals surface area (Å²) in [5, 5.41) is 0.539. The summed E-state index contributed by atoms with van der Waals surface area (Å²) in [6, 6.07) is 4.77. The molecule has 78 valence electrons. The minimum Gasteiger partial charge on any atom is -0.410 e. The lowest BCUT2D eigenvalue weighted by Crippen LogP contribution is -2.17. The number of amides is 1. The first-order chi connectivity index (χ1) is 6.13. The van der Waals surface area contributed by atoms with E-state index in [0.717, 1.165) is 0 Å². The third-order valence-electron chi connectivity index (χ3n) is 1.45. The molecule has 14 heavy (non-hydrogen) atoms. The van der Waals surface area contributed by atoms with Crippen molar-refractivity contribution in [1.82, 2.24) is 0 Å². The summed E-state index contributed by atoms with van der Waals surface area (Å²) in [5.74, 6) is 0.347. The predicted molar refractivity (Wildman–Crippen MR) is 56.8 cm³/mol. The molecule has 0 saturated carbocycles. The van der Waals surface area contributed by atoms with Crippen LogP contribution in [0.5, 0.6) is 5.75 Å². The standard InChI is InChI=1S/C8H9ClN2O2.ClH/c9-6-1-2-7(13-8(11)12)5(3-6)4-10;/h1-3H,4,10H2,(H2,11,12);1H. The van der Waals surface area contributed by atoms with Crippen molar-refractivity contribution >= 4 is 30.1 Å². The van der Waals surface area contributed by atoms with E-state index in [-0.39, 0.29) is 19.0 Å². The minimum atomic E-state index is -0.864. The van der Waals surface area contributed by atoms with E-state index in [4.69, 9.17) is 27.8 Å². The van der Waals surface area contributed by atoms with Crippen LogP contribution in [-0.4, -0.2) is 6.09 Å². The fraction of sp³-hybridized carbons (Fsp3) is 0.125. The Kier molecular flexibility index (Phi) is 5.30. The van der Waals surface area contributed by atoms with Crippen molar-refractivity contribution in [3.63, 3.8) is 0 Å². The molecule has 0 heterocycles. The van der Waals surface area contributed by atoms with Gasteiger partial charge in [0.1, 0.15) is 5.75 Å². The first-order valence-electron chi connectivity index (χ1n) is 3.59. The van der Waals surface area contributed by atoms with Crippen LogP contribution in [0.15, 0.2) is 18.2 Å². The van der Waals surface area contributed by atoms with Gasteiger partial charge in [-0.25, -0.2) is 4.79 Å². The summed E-state index contributed by atoms with van der Waals surface area (Å²) < 4.78 is 4.69. The molecule has 1 rings (SSSR count). The Morgan fingerprint density at radius 3 is 2.64 bits per heavy atom. The number of primary amides is 1. The number of carbonyl (C=O) groups is 1.